The van der Waals surface area contributed by atoms with Crippen LogP contribution in [0.4, 0.5) is 0 Å². The van der Waals surface area contributed by atoms with E-state index in [9.17, 15) is 9.59 Å². The van der Waals surface area contributed by atoms with Gasteiger partial charge in [-0.25, -0.2) is 0 Å². The number of hydrogen-bond acceptors (Lipinski definition) is 7. The van der Waals surface area contributed by atoms with Crippen LogP contribution in [0, 0.1) is 27.6 Å². The molecule has 0 bridgehead atoms. The van der Waals surface area contributed by atoms with Gasteiger partial charge in [-0.2, -0.15) is 0 Å². The van der Waals surface area contributed by atoms with Crippen LogP contribution < -0.4 is 5.73 Å². The van der Waals surface area contributed by atoms with Gasteiger partial charge < -0.3 is 24.7 Å². The Morgan fingerprint density at radius 3 is 2.06 bits per heavy atom. The number of carbonyl (C=O) groups is 2. The first-order valence-electron chi connectivity index (χ1n) is 13.6. The van der Waals surface area contributed by atoms with Gasteiger partial charge in [0.05, 0.1) is 37.3 Å². The highest BCUT2D eigenvalue weighted by Gasteiger charge is 2.58. The molecule has 7 heteroatoms. The lowest BCUT2D eigenvalue weighted by molar-refractivity contribution is -0.174. The molecule has 4 atom stereocenters. The second-order valence-corrected chi connectivity index (χ2v) is 13.4. The molecular formula is C29H55NO6. The van der Waals surface area contributed by atoms with Crippen LogP contribution in [0.2, 0.25) is 0 Å². The first kappa shape index (κ1) is 32.8. The Bertz CT molecular complexity index is 744. The van der Waals surface area contributed by atoms with Crippen molar-refractivity contribution in [2.75, 3.05) is 20.3 Å². The summed E-state index contributed by atoms with van der Waals surface area (Å²) in [5.41, 5.74) is 3.85. The quantitative estimate of drug-likeness (QED) is 0.229. The Kier molecular flexibility index (Phi) is 11.1. The molecule has 1 heterocycles. The molecule has 1 aliphatic rings. The summed E-state index contributed by atoms with van der Waals surface area (Å²) in [5, 5.41) is 0. The standard InChI is InChI=1S/C29H55NO6/c1-20(2)17-29(11,24(32)33-12)26(6,7)25(4,5)19-28(10,21(3)30)23(31)34-16-14-13-15-22-18-35-27(8,9)36-22/h20-22H,13-19,30H2,1-12H3. The van der Waals surface area contributed by atoms with E-state index in [0.29, 0.717) is 32.0 Å². The van der Waals surface area contributed by atoms with Crippen LogP contribution in [-0.4, -0.2) is 50.2 Å². The van der Waals surface area contributed by atoms with Gasteiger partial charge in [0.25, 0.3) is 0 Å². The second-order valence-electron chi connectivity index (χ2n) is 13.4. The van der Waals surface area contributed by atoms with E-state index in [1.54, 1.807) is 0 Å². The number of methoxy groups -OCH3 is 1. The summed E-state index contributed by atoms with van der Waals surface area (Å²) in [6, 6.07) is -0.416. The monoisotopic (exact) mass is 513 g/mol. The third kappa shape index (κ3) is 7.44. The van der Waals surface area contributed by atoms with Crippen LogP contribution in [-0.2, 0) is 28.5 Å². The molecule has 1 rings (SSSR count). The van der Waals surface area contributed by atoms with Crippen LogP contribution in [0.1, 0.15) is 108 Å². The summed E-state index contributed by atoms with van der Waals surface area (Å²) in [5.74, 6) is -0.720. The number of hydrogen-bond donors (Lipinski definition) is 1. The van der Waals surface area contributed by atoms with Crippen LogP contribution >= 0.6 is 0 Å². The Morgan fingerprint density at radius 2 is 1.61 bits per heavy atom. The van der Waals surface area contributed by atoms with E-state index in [0.717, 1.165) is 19.3 Å². The summed E-state index contributed by atoms with van der Waals surface area (Å²) >= 11 is 0. The van der Waals surface area contributed by atoms with Gasteiger partial charge in [0.15, 0.2) is 5.79 Å². The van der Waals surface area contributed by atoms with E-state index in [1.165, 1.54) is 7.11 Å². The number of ether oxygens (including phenoxy) is 4. The summed E-state index contributed by atoms with van der Waals surface area (Å²) in [6.45, 7) is 23.2. The Hall–Kier alpha value is -1.18. The zero-order valence-electron chi connectivity index (χ0n) is 25.2. The molecule has 0 aromatic rings. The van der Waals surface area contributed by atoms with E-state index in [2.05, 4.69) is 41.5 Å². The normalized spacial score (nSPS) is 22.6. The van der Waals surface area contributed by atoms with Gasteiger partial charge >= 0.3 is 11.9 Å². The first-order chi connectivity index (χ1) is 16.3. The average molecular weight is 514 g/mol. The molecule has 2 N–H and O–H groups in total. The smallest absolute Gasteiger partial charge is 0.313 e. The molecule has 1 saturated heterocycles. The highest BCUT2D eigenvalue weighted by molar-refractivity contribution is 5.78. The number of unbranched alkanes of at least 4 members (excludes halogenated alkanes) is 1. The third-order valence-corrected chi connectivity index (χ3v) is 9.03. The number of carbonyl (C=O) groups excluding carboxylic acids is 2. The lowest BCUT2D eigenvalue weighted by atomic mass is 9.49. The van der Waals surface area contributed by atoms with E-state index >= 15 is 0 Å². The van der Waals surface area contributed by atoms with Crippen molar-refractivity contribution >= 4 is 11.9 Å². The fourth-order valence-electron chi connectivity index (χ4n) is 5.65. The van der Waals surface area contributed by atoms with Crippen molar-refractivity contribution in [2.24, 2.45) is 33.3 Å². The minimum absolute atomic E-state index is 0.0861. The summed E-state index contributed by atoms with van der Waals surface area (Å²) in [6.07, 6.45) is 3.76. The molecule has 212 valence electrons. The van der Waals surface area contributed by atoms with Gasteiger partial charge in [-0.05, 0) is 83.5 Å². The van der Waals surface area contributed by atoms with E-state index in [1.807, 2.05) is 34.6 Å². The predicted molar refractivity (Wildman–Crippen MR) is 143 cm³/mol. The minimum atomic E-state index is -0.901. The summed E-state index contributed by atoms with van der Waals surface area (Å²) < 4.78 is 22.5. The molecule has 0 radical (unpaired) electrons. The maximum Gasteiger partial charge on any atom is 0.313 e. The number of nitrogens with two attached hydrogens (primary N) is 1. The average Bonchev–Trinajstić information content (AvgIpc) is 3.09. The van der Waals surface area contributed by atoms with Crippen molar-refractivity contribution in [3.05, 3.63) is 0 Å². The lowest BCUT2D eigenvalue weighted by Gasteiger charge is -2.55. The van der Waals surface area contributed by atoms with Gasteiger partial charge in [-0.1, -0.05) is 41.5 Å². The topological polar surface area (TPSA) is 97.1 Å². The Balaban J connectivity index is 2.92. The predicted octanol–water partition coefficient (Wildman–Crippen LogP) is 5.87. The Labute approximate surface area is 220 Å². The summed E-state index contributed by atoms with van der Waals surface area (Å²) in [4.78, 5) is 26.5. The molecule has 7 nitrogen and oxygen atoms in total. The summed E-state index contributed by atoms with van der Waals surface area (Å²) in [7, 11) is 1.44. The zero-order chi connectivity index (χ0) is 28.2. The highest BCUT2D eigenvalue weighted by atomic mass is 16.7. The lowest BCUT2D eigenvalue weighted by Crippen LogP contribution is -2.55. The molecule has 0 aliphatic carbocycles. The minimum Gasteiger partial charge on any atom is -0.469 e. The molecule has 1 aliphatic heterocycles. The van der Waals surface area contributed by atoms with Gasteiger partial charge in [0.2, 0.25) is 0 Å². The number of esters is 2. The number of rotatable bonds is 14. The molecule has 0 saturated carbocycles. The molecule has 1 fully saturated rings. The molecular weight excluding hydrogens is 458 g/mol. The Morgan fingerprint density at radius 1 is 1.03 bits per heavy atom. The SMILES string of the molecule is COC(=O)C(C)(CC(C)C)C(C)(C)C(C)(C)CC(C)(C(=O)OCCCCC1COC(C)(C)O1)C(C)N. The van der Waals surface area contributed by atoms with Crippen molar-refractivity contribution in [1.82, 2.24) is 0 Å². The molecule has 0 spiro atoms. The molecule has 4 unspecified atom stereocenters. The molecule has 0 aromatic heterocycles. The maximum absolute atomic E-state index is 13.4. The fourth-order valence-corrected chi connectivity index (χ4v) is 5.65. The van der Waals surface area contributed by atoms with E-state index in [4.69, 9.17) is 24.7 Å². The van der Waals surface area contributed by atoms with E-state index < -0.39 is 33.5 Å². The maximum atomic E-state index is 13.4. The van der Waals surface area contributed by atoms with Crippen molar-refractivity contribution < 1.29 is 28.5 Å². The molecule has 36 heavy (non-hydrogen) atoms. The van der Waals surface area contributed by atoms with Crippen molar-refractivity contribution in [1.29, 1.82) is 0 Å². The van der Waals surface area contributed by atoms with Gasteiger partial charge in [-0.3, -0.25) is 9.59 Å². The largest absolute Gasteiger partial charge is 0.469 e. The van der Waals surface area contributed by atoms with Crippen LogP contribution in [0.3, 0.4) is 0 Å². The van der Waals surface area contributed by atoms with Gasteiger partial charge in [-0.15, -0.1) is 0 Å². The zero-order valence-corrected chi connectivity index (χ0v) is 25.2. The molecule has 0 amide bonds. The van der Waals surface area contributed by atoms with Crippen molar-refractivity contribution in [2.45, 2.75) is 126 Å². The van der Waals surface area contributed by atoms with Crippen molar-refractivity contribution in [3.8, 4) is 0 Å². The second kappa shape index (κ2) is 12.1. The van der Waals surface area contributed by atoms with Crippen LogP contribution in [0.5, 0.6) is 0 Å². The fraction of sp³-hybridized carbons (Fsp3) is 0.931. The van der Waals surface area contributed by atoms with Gasteiger partial charge in [0, 0.05) is 6.04 Å². The third-order valence-electron chi connectivity index (χ3n) is 9.03. The van der Waals surface area contributed by atoms with Crippen LogP contribution in [0.15, 0.2) is 0 Å². The van der Waals surface area contributed by atoms with Crippen molar-refractivity contribution in [3.63, 3.8) is 0 Å². The highest BCUT2D eigenvalue weighted by Crippen LogP contribution is 2.58. The molecule has 0 aromatic carbocycles. The first-order valence-corrected chi connectivity index (χ1v) is 13.6. The van der Waals surface area contributed by atoms with Gasteiger partial charge in [0.1, 0.15) is 0 Å². The van der Waals surface area contributed by atoms with Crippen LogP contribution in [0.25, 0.3) is 0 Å². The van der Waals surface area contributed by atoms with E-state index in [-0.39, 0.29) is 18.0 Å².